The Labute approximate surface area is 89.8 Å². The van der Waals surface area contributed by atoms with Crippen LogP contribution in [0.4, 0.5) is 4.39 Å². The van der Waals surface area contributed by atoms with E-state index in [1.807, 2.05) is 0 Å². The normalized spacial score (nSPS) is 20.9. The van der Waals surface area contributed by atoms with Gasteiger partial charge in [-0.15, -0.1) is 0 Å². The van der Waals surface area contributed by atoms with E-state index in [-0.39, 0.29) is 5.82 Å². The lowest BCUT2D eigenvalue weighted by atomic mass is 10.1. The van der Waals surface area contributed by atoms with E-state index in [2.05, 4.69) is 15.9 Å². The number of aliphatic hydroxyl groups is 1. The number of aliphatic hydroxyl groups excluding tert-OH is 1. The molecule has 1 aromatic carbocycles. The number of hydrogen-bond donors (Lipinski definition) is 1. The Morgan fingerprint density at radius 2 is 2.29 bits per heavy atom. The Bertz CT molecular complexity index is 354. The summed E-state index contributed by atoms with van der Waals surface area (Å²) in [6.07, 6.45) is 0.893. The Hall–Kier alpha value is -0.610. The molecule has 0 saturated heterocycles. The summed E-state index contributed by atoms with van der Waals surface area (Å²) >= 11 is 3.09. The van der Waals surface area contributed by atoms with Crippen LogP contribution in [0.3, 0.4) is 0 Å². The minimum atomic E-state index is -0.551. The number of hydrogen-bond acceptors (Lipinski definition) is 2. The van der Waals surface area contributed by atoms with Crippen molar-refractivity contribution in [3.63, 3.8) is 0 Å². The highest BCUT2D eigenvalue weighted by Crippen LogP contribution is 2.34. The molecule has 0 fully saturated rings. The first kappa shape index (κ1) is 9.93. The smallest absolute Gasteiger partial charge is 0.141 e. The maximum atomic E-state index is 13.2. The molecule has 2 rings (SSSR count). The third kappa shape index (κ3) is 1.77. The van der Waals surface area contributed by atoms with E-state index < -0.39 is 6.10 Å². The molecule has 0 saturated carbocycles. The summed E-state index contributed by atoms with van der Waals surface area (Å²) in [4.78, 5) is 0. The third-order valence-electron chi connectivity index (χ3n) is 2.29. The topological polar surface area (TPSA) is 29.5 Å². The van der Waals surface area contributed by atoms with Gasteiger partial charge in [-0.1, -0.05) is 0 Å². The van der Waals surface area contributed by atoms with Crippen LogP contribution in [0, 0.1) is 5.82 Å². The van der Waals surface area contributed by atoms with E-state index in [0.717, 1.165) is 6.42 Å². The van der Waals surface area contributed by atoms with Gasteiger partial charge in [-0.3, -0.25) is 0 Å². The third-order valence-corrected chi connectivity index (χ3v) is 2.90. The van der Waals surface area contributed by atoms with Gasteiger partial charge in [-0.2, -0.15) is 0 Å². The minimum Gasteiger partial charge on any atom is -0.493 e. The molecule has 0 radical (unpaired) electrons. The summed E-state index contributed by atoms with van der Waals surface area (Å²) in [6, 6.07) is 2.90. The van der Waals surface area contributed by atoms with Crippen LogP contribution in [0.1, 0.15) is 24.5 Å². The number of fused-ring (bicyclic) bond motifs is 1. The first-order valence-corrected chi connectivity index (χ1v) is 5.27. The lowest BCUT2D eigenvalue weighted by Gasteiger charge is -2.11. The van der Waals surface area contributed by atoms with Crippen molar-refractivity contribution in [3.8, 4) is 5.75 Å². The van der Waals surface area contributed by atoms with Gasteiger partial charge in [0.1, 0.15) is 11.6 Å². The molecule has 2 nitrogen and oxygen atoms in total. The van der Waals surface area contributed by atoms with Gasteiger partial charge >= 0.3 is 0 Å². The average Bonchev–Trinajstić information content (AvgIpc) is 2.31. The summed E-state index contributed by atoms with van der Waals surface area (Å²) in [6.45, 7) is 0.533. The highest BCUT2D eigenvalue weighted by molar-refractivity contribution is 9.10. The molecule has 1 N–H and O–H groups in total. The van der Waals surface area contributed by atoms with E-state index in [1.54, 1.807) is 6.07 Å². The zero-order valence-corrected chi connectivity index (χ0v) is 9.05. The lowest BCUT2D eigenvalue weighted by Crippen LogP contribution is -1.97. The second-order valence-corrected chi connectivity index (χ2v) is 4.16. The minimum absolute atomic E-state index is 0.362. The molecule has 14 heavy (non-hydrogen) atoms. The fraction of sp³-hybridized carbons (Fsp3) is 0.400. The van der Waals surface area contributed by atoms with Gasteiger partial charge in [-0.25, -0.2) is 4.39 Å². The second-order valence-electron chi connectivity index (χ2n) is 3.31. The van der Waals surface area contributed by atoms with E-state index in [4.69, 9.17) is 4.74 Å². The fourth-order valence-corrected chi connectivity index (χ4v) is 1.90. The van der Waals surface area contributed by atoms with Crippen molar-refractivity contribution in [2.45, 2.75) is 18.9 Å². The number of halogens is 2. The molecule has 76 valence electrons. The van der Waals surface area contributed by atoms with E-state index in [1.165, 1.54) is 6.07 Å². The molecular weight excluding hydrogens is 251 g/mol. The van der Waals surface area contributed by atoms with Crippen LogP contribution >= 0.6 is 15.9 Å². The quantitative estimate of drug-likeness (QED) is 0.778. The SMILES string of the molecule is OC1CCCOc2cc(F)c(Br)cc21. The van der Waals surface area contributed by atoms with Crippen LogP contribution in [0.2, 0.25) is 0 Å². The molecule has 1 unspecified atom stereocenters. The molecule has 0 aromatic heterocycles. The van der Waals surface area contributed by atoms with Crippen molar-refractivity contribution in [2.75, 3.05) is 6.61 Å². The molecule has 0 amide bonds. The van der Waals surface area contributed by atoms with Crippen molar-refractivity contribution in [1.82, 2.24) is 0 Å². The van der Waals surface area contributed by atoms with Gasteiger partial charge in [0.05, 0.1) is 17.2 Å². The molecule has 0 bridgehead atoms. The van der Waals surface area contributed by atoms with Crippen LogP contribution < -0.4 is 4.74 Å². The van der Waals surface area contributed by atoms with Gasteiger partial charge in [0.15, 0.2) is 0 Å². The van der Waals surface area contributed by atoms with Crippen LogP contribution in [0.5, 0.6) is 5.75 Å². The van der Waals surface area contributed by atoms with Crippen LogP contribution in [-0.2, 0) is 0 Å². The highest BCUT2D eigenvalue weighted by Gasteiger charge is 2.19. The summed E-state index contributed by atoms with van der Waals surface area (Å²) < 4.78 is 18.9. The summed E-state index contributed by atoms with van der Waals surface area (Å²) in [5.41, 5.74) is 0.663. The van der Waals surface area contributed by atoms with Crippen molar-refractivity contribution < 1.29 is 14.2 Å². The molecule has 0 spiro atoms. The predicted molar refractivity (Wildman–Crippen MR) is 53.8 cm³/mol. The van der Waals surface area contributed by atoms with Gasteiger partial charge in [0.25, 0.3) is 0 Å². The number of benzene rings is 1. The van der Waals surface area contributed by atoms with Crippen molar-refractivity contribution in [3.05, 3.63) is 28.0 Å². The van der Waals surface area contributed by atoms with Crippen LogP contribution in [-0.4, -0.2) is 11.7 Å². The maximum Gasteiger partial charge on any atom is 0.141 e. The standard InChI is InChI=1S/C10H10BrFO2/c11-7-4-6-9(13)2-1-3-14-10(6)5-8(7)12/h4-5,9,13H,1-3H2. The zero-order chi connectivity index (χ0) is 10.1. The number of rotatable bonds is 0. The Morgan fingerprint density at radius 1 is 1.50 bits per heavy atom. The Balaban J connectivity index is 2.49. The predicted octanol–water partition coefficient (Wildman–Crippen LogP) is 2.79. The van der Waals surface area contributed by atoms with Gasteiger partial charge in [0, 0.05) is 11.6 Å². The monoisotopic (exact) mass is 260 g/mol. The highest BCUT2D eigenvalue weighted by atomic mass is 79.9. The van der Waals surface area contributed by atoms with E-state index in [9.17, 15) is 9.50 Å². The molecule has 1 aliphatic rings. The van der Waals surface area contributed by atoms with Gasteiger partial charge in [-0.05, 0) is 34.8 Å². The Kier molecular flexibility index (Phi) is 2.74. The summed E-state index contributed by atoms with van der Waals surface area (Å²) in [7, 11) is 0. The molecule has 1 heterocycles. The molecule has 1 atom stereocenters. The molecule has 1 aliphatic heterocycles. The van der Waals surface area contributed by atoms with Crippen LogP contribution in [0.15, 0.2) is 16.6 Å². The van der Waals surface area contributed by atoms with Gasteiger partial charge < -0.3 is 9.84 Å². The van der Waals surface area contributed by atoms with Crippen LogP contribution in [0.25, 0.3) is 0 Å². The molecule has 0 aliphatic carbocycles. The zero-order valence-electron chi connectivity index (χ0n) is 7.46. The fourth-order valence-electron chi connectivity index (χ4n) is 1.54. The van der Waals surface area contributed by atoms with Crippen molar-refractivity contribution in [1.29, 1.82) is 0 Å². The molecule has 1 aromatic rings. The maximum absolute atomic E-state index is 13.2. The molecule has 4 heteroatoms. The second kappa shape index (κ2) is 3.87. The summed E-state index contributed by atoms with van der Waals surface area (Å²) in [5, 5.41) is 9.73. The van der Waals surface area contributed by atoms with Crippen molar-refractivity contribution >= 4 is 15.9 Å². The summed E-state index contributed by atoms with van der Waals surface area (Å²) in [5.74, 6) is 0.0913. The average molecular weight is 261 g/mol. The molecular formula is C10H10BrFO2. The largest absolute Gasteiger partial charge is 0.493 e. The van der Waals surface area contributed by atoms with E-state index >= 15 is 0 Å². The van der Waals surface area contributed by atoms with Crippen molar-refractivity contribution in [2.24, 2.45) is 0 Å². The Morgan fingerprint density at radius 3 is 3.07 bits per heavy atom. The first-order chi connectivity index (χ1) is 6.68. The lowest BCUT2D eigenvalue weighted by molar-refractivity contribution is 0.167. The van der Waals surface area contributed by atoms with E-state index in [0.29, 0.717) is 28.8 Å². The number of ether oxygens (including phenoxy) is 1. The first-order valence-electron chi connectivity index (χ1n) is 4.48. The van der Waals surface area contributed by atoms with Gasteiger partial charge in [0.2, 0.25) is 0 Å².